The first-order valence-corrected chi connectivity index (χ1v) is 10.5. The lowest BCUT2D eigenvalue weighted by atomic mass is 10.1. The number of carbonyl (C=O) groups excluding carboxylic acids is 1. The van der Waals surface area contributed by atoms with Crippen LogP contribution in [0.4, 0.5) is 5.69 Å². The Labute approximate surface area is 185 Å². The second kappa shape index (κ2) is 8.19. The van der Waals surface area contributed by atoms with E-state index in [9.17, 15) is 4.79 Å². The van der Waals surface area contributed by atoms with Gasteiger partial charge in [-0.15, -0.1) is 0 Å². The second-order valence-electron chi connectivity index (χ2n) is 7.82. The third-order valence-corrected chi connectivity index (χ3v) is 5.53. The first-order chi connectivity index (χ1) is 15.6. The van der Waals surface area contributed by atoms with Crippen LogP contribution in [0.3, 0.4) is 0 Å². The van der Waals surface area contributed by atoms with Crippen molar-refractivity contribution < 1.29 is 13.9 Å². The Morgan fingerprint density at radius 1 is 0.938 bits per heavy atom. The molecule has 0 atom stereocenters. The highest BCUT2D eigenvalue weighted by molar-refractivity contribution is 6.04. The topological polar surface area (TPSA) is 64.4 Å². The summed E-state index contributed by atoms with van der Waals surface area (Å²) < 4.78 is 11.6. The number of aromatic nitrogens is 1. The summed E-state index contributed by atoms with van der Waals surface area (Å²) >= 11 is 0. The maximum Gasteiger partial charge on any atom is 0.262 e. The van der Waals surface area contributed by atoms with E-state index in [0.29, 0.717) is 17.3 Å². The Morgan fingerprint density at radius 2 is 1.81 bits per heavy atom. The van der Waals surface area contributed by atoms with Crippen molar-refractivity contribution >= 4 is 33.5 Å². The molecule has 5 nitrogen and oxygen atoms in total. The molecule has 4 aromatic carbocycles. The number of rotatable bonds is 5. The van der Waals surface area contributed by atoms with Crippen molar-refractivity contribution in [1.82, 2.24) is 4.98 Å². The molecule has 0 fully saturated rings. The lowest BCUT2D eigenvalue weighted by Gasteiger charge is -2.09. The quantitative estimate of drug-likeness (QED) is 0.362. The van der Waals surface area contributed by atoms with Gasteiger partial charge in [0, 0.05) is 16.6 Å². The van der Waals surface area contributed by atoms with Crippen LogP contribution in [0.2, 0.25) is 0 Å². The van der Waals surface area contributed by atoms with Crippen molar-refractivity contribution in [2.45, 2.75) is 13.8 Å². The monoisotopic (exact) mass is 422 g/mol. The SMILES string of the molecule is Cc1ccc(OCC(=O)Nc2cccc(-c3nc4c(ccc5ccccc54)o3)c2)cc1C. The van der Waals surface area contributed by atoms with Crippen LogP contribution in [0, 0.1) is 13.8 Å². The summed E-state index contributed by atoms with van der Waals surface area (Å²) in [5.41, 5.74) is 5.32. The van der Waals surface area contributed by atoms with Crippen molar-refractivity contribution in [1.29, 1.82) is 0 Å². The Bertz CT molecular complexity index is 1450. The van der Waals surface area contributed by atoms with E-state index >= 15 is 0 Å². The number of hydrogen-bond donors (Lipinski definition) is 1. The van der Waals surface area contributed by atoms with Crippen LogP contribution in [0.5, 0.6) is 5.75 Å². The van der Waals surface area contributed by atoms with Crippen LogP contribution in [-0.4, -0.2) is 17.5 Å². The molecule has 0 aliphatic carbocycles. The van der Waals surface area contributed by atoms with Crippen molar-refractivity contribution in [2.24, 2.45) is 0 Å². The third-order valence-electron chi connectivity index (χ3n) is 5.53. The van der Waals surface area contributed by atoms with Crippen LogP contribution < -0.4 is 10.1 Å². The summed E-state index contributed by atoms with van der Waals surface area (Å²) in [7, 11) is 0. The van der Waals surface area contributed by atoms with Gasteiger partial charge in [-0.3, -0.25) is 4.79 Å². The average Bonchev–Trinajstić information content (AvgIpc) is 3.25. The standard InChI is InChI=1S/C27H22N2O3/c1-17-10-12-22(14-18(17)2)31-16-25(30)28-21-8-5-7-20(15-21)27-29-26-23-9-4-3-6-19(23)11-13-24(26)32-27/h3-15H,16H2,1-2H3,(H,28,30). The van der Waals surface area contributed by atoms with E-state index in [1.807, 2.05) is 86.6 Å². The molecule has 0 saturated heterocycles. The van der Waals surface area contributed by atoms with Crippen LogP contribution >= 0.6 is 0 Å². The first-order valence-electron chi connectivity index (χ1n) is 10.5. The van der Waals surface area contributed by atoms with Gasteiger partial charge >= 0.3 is 0 Å². The summed E-state index contributed by atoms with van der Waals surface area (Å²) in [5, 5.41) is 5.04. The van der Waals surface area contributed by atoms with Gasteiger partial charge < -0.3 is 14.5 Å². The maximum atomic E-state index is 12.4. The number of benzene rings is 4. The summed E-state index contributed by atoms with van der Waals surface area (Å²) in [6, 6.07) is 25.3. The number of fused-ring (bicyclic) bond motifs is 3. The number of anilines is 1. The highest BCUT2D eigenvalue weighted by atomic mass is 16.5. The van der Waals surface area contributed by atoms with E-state index in [4.69, 9.17) is 14.1 Å². The highest BCUT2D eigenvalue weighted by Crippen LogP contribution is 2.30. The minimum Gasteiger partial charge on any atom is -0.484 e. The summed E-state index contributed by atoms with van der Waals surface area (Å²) in [5.74, 6) is 0.957. The molecule has 0 aliphatic rings. The van der Waals surface area contributed by atoms with Crippen molar-refractivity contribution in [3.05, 3.63) is 90.0 Å². The first kappa shape index (κ1) is 19.8. The van der Waals surface area contributed by atoms with Crippen molar-refractivity contribution in [3.63, 3.8) is 0 Å². The molecule has 32 heavy (non-hydrogen) atoms. The van der Waals surface area contributed by atoms with Gasteiger partial charge in [-0.05, 0) is 66.8 Å². The molecular weight excluding hydrogens is 400 g/mol. The minimum atomic E-state index is -0.232. The number of amides is 1. The Kier molecular flexibility index (Phi) is 5.07. The largest absolute Gasteiger partial charge is 0.484 e. The predicted molar refractivity (Wildman–Crippen MR) is 127 cm³/mol. The van der Waals surface area contributed by atoms with Gasteiger partial charge in [0.1, 0.15) is 11.3 Å². The number of ether oxygens (including phenoxy) is 1. The molecule has 0 bridgehead atoms. The number of aryl methyl sites for hydroxylation is 2. The van der Waals surface area contributed by atoms with Gasteiger partial charge in [-0.2, -0.15) is 0 Å². The summed E-state index contributed by atoms with van der Waals surface area (Å²) in [6.07, 6.45) is 0. The lowest BCUT2D eigenvalue weighted by molar-refractivity contribution is -0.118. The number of carbonyl (C=O) groups is 1. The van der Waals surface area contributed by atoms with Gasteiger partial charge in [0.05, 0.1) is 0 Å². The summed E-state index contributed by atoms with van der Waals surface area (Å²) in [6.45, 7) is 3.99. The molecule has 1 amide bonds. The van der Waals surface area contributed by atoms with Gasteiger partial charge in [-0.1, -0.05) is 42.5 Å². The zero-order valence-corrected chi connectivity index (χ0v) is 17.9. The highest BCUT2D eigenvalue weighted by Gasteiger charge is 2.12. The van der Waals surface area contributed by atoms with E-state index in [2.05, 4.69) is 11.4 Å². The zero-order valence-electron chi connectivity index (χ0n) is 17.9. The average molecular weight is 422 g/mol. The van der Waals surface area contributed by atoms with Crippen LogP contribution in [0.25, 0.3) is 33.3 Å². The molecule has 0 saturated carbocycles. The smallest absolute Gasteiger partial charge is 0.262 e. The molecule has 0 radical (unpaired) electrons. The van der Waals surface area contributed by atoms with Crippen LogP contribution in [0.1, 0.15) is 11.1 Å². The molecule has 1 N–H and O–H groups in total. The molecule has 5 aromatic rings. The van der Waals surface area contributed by atoms with E-state index < -0.39 is 0 Å². The third kappa shape index (κ3) is 3.93. The van der Waals surface area contributed by atoms with Gasteiger partial charge in [-0.25, -0.2) is 4.98 Å². The van der Waals surface area contributed by atoms with E-state index in [1.165, 1.54) is 5.56 Å². The fraction of sp³-hybridized carbons (Fsp3) is 0.111. The number of nitrogens with one attached hydrogen (secondary N) is 1. The molecular formula is C27H22N2O3. The van der Waals surface area contributed by atoms with Gasteiger partial charge in [0.2, 0.25) is 5.89 Å². The molecule has 158 valence electrons. The van der Waals surface area contributed by atoms with Crippen molar-refractivity contribution in [2.75, 3.05) is 11.9 Å². The molecule has 5 heteroatoms. The second-order valence-corrected chi connectivity index (χ2v) is 7.82. The maximum absolute atomic E-state index is 12.4. The van der Waals surface area contributed by atoms with E-state index in [-0.39, 0.29) is 12.5 Å². The number of oxazole rings is 1. The van der Waals surface area contributed by atoms with Gasteiger partial charge in [0.15, 0.2) is 12.2 Å². The fourth-order valence-electron chi connectivity index (χ4n) is 3.66. The Morgan fingerprint density at radius 3 is 2.69 bits per heavy atom. The molecule has 0 spiro atoms. The fourth-order valence-corrected chi connectivity index (χ4v) is 3.66. The predicted octanol–water partition coefficient (Wildman–Crippen LogP) is 6.28. The van der Waals surface area contributed by atoms with E-state index in [0.717, 1.165) is 33.0 Å². The Balaban J connectivity index is 1.33. The Hall–Kier alpha value is -4.12. The molecule has 5 rings (SSSR count). The minimum absolute atomic E-state index is 0.0679. The van der Waals surface area contributed by atoms with Crippen LogP contribution in [0.15, 0.2) is 83.3 Å². The zero-order chi connectivity index (χ0) is 22.1. The van der Waals surface area contributed by atoms with Crippen LogP contribution in [-0.2, 0) is 4.79 Å². The molecule has 0 unspecified atom stereocenters. The molecule has 1 heterocycles. The van der Waals surface area contributed by atoms with Gasteiger partial charge in [0.25, 0.3) is 5.91 Å². The van der Waals surface area contributed by atoms with Crippen molar-refractivity contribution in [3.8, 4) is 17.2 Å². The van der Waals surface area contributed by atoms with E-state index in [1.54, 1.807) is 0 Å². The summed E-state index contributed by atoms with van der Waals surface area (Å²) in [4.78, 5) is 17.1. The molecule has 1 aromatic heterocycles. The number of nitrogens with zero attached hydrogens (tertiary/aromatic N) is 1. The number of hydrogen-bond acceptors (Lipinski definition) is 4. The lowest BCUT2D eigenvalue weighted by Crippen LogP contribution is -2.20. The normalized spacial score (nSPS) is 11.1. The molecule has 0 aliphatic heterocycles.